The summed E-state index contributed by atoms with van der Waals surface area (Å²) in [4.78, 5) is 2.67. The van der Waals surface area contributed by atoms with E-state index >= 15 is 0 Å². The first-order chi connectivity index (χ1) is 8.01. The normalized spacial score (nSPS) is 43.1. The fraction of sp³-hybridized carbons (Fsp3) is 1.00. The van der Waals surface area contributed by atoms with Crippen LogP contribution in [0.25, 0.3) is 0 Å². The van der Waals surface area contributed by atoms with Gasteiger partial charge in [0.25, 0.3) is 0 Å². The number of hydrogen-bond donors (Lipinski definition) is 1. The molecule has 0 amide bonds. The van der Waals surface area contributed by atoms with Crippen molar-refractivity contribution in [2.45, 2.75) is 53.0 Å². The molecule has 1 saturated carbocycles. The lowest BCUT2D eigenvalue weighted by Crippen LogP contribution is -2.44. The van der Waals surface area contributed by atoms with Crippen molar-refractivity contribution in [1.82, 2.24) is 4.90 Å². The van der Waals surface area contributed by atoms with E-state index in [0.29, 0.717) is 12.5 Å². The van der Waals surface area contributed by atoms with Gasteiger partial charge in [0.05, 0.1) is 0 Å². The molecule has 2 nitrogen and oxygen atoms in total. The number of hydrogen-bond acceptors (Lipinski definition) is 2. The highest BCUT2D eigenvalue weighted by Gasteiger charge is 2.56. The molecule has 1 aliphatic carbocycles. The molecule has 0 aromatic heterocycles. The highest BCUT2D eigenvalue weighted by molar-refractivity contribution is 5.05. The summed E-state index contributed by atoms with van der Waals surface area (Å²) in [5.74, 6) is 2.19. The molecule has 100 valence electrons. The summed E-state index contributed by atoms with van der Waals surface area (Å²) in [5.41, 5.74) is 0.250. The van der Waals surface area contributed by atoms with Gasteiger partial charge >= 0.3 is 0 Å². The molecule has 0 aromatic rings. The molecule has 4 atom stereocenters. The summed E-state index contributed by atoms with van der Waals surface area (Å²) in [5, 5.41) is 9.63. The molecule has 17 heavy (non-hydrogen) atoms. The lowest BCUT2D eigenvalue weighted by molar-refractivity contribution is 0.0884. The van der Waals surface area contributed by atoms with Crippen LogP contribution in [0.4, 0.5) is 0 Å². The Balaban J connectivity index is 1.90. The van der Waals surface area contributed by atoms with E-state index in [1.807, 2.05) is 0 Å². The summed E-state index contributed by atoms with van der Waals surface area (Å²) < 4.78 is 0. The average Bonchev–Trinajstić information content (AvgIpc) is 3.00. The first-order valence-electron chi connectivity index (χ1n) is 7.36. The Morgan fingerprint density at radius 1 is 1.35 bits per heavy atom. The maximum atomic E-state index is 9.63. The molecule has 1 N–H and O–H groups in total. The Labute approximate surface area is 106 Å². The maximum Gasteiger partial charge on any atom is 0.0493 e. The molecular formula is C15H29NO. The van der Waals surface area contributed by atoms with Crippen LogP contribution in [0.1, 0.15) is 47.0 Å². The number of aliphatic hydroxyl groups excluding tert-OH is 1. The van der Waals surface area contributed by atoms with Crippen LogP contribution in [0.3, 0.4) is 0 Å². The van der Waals surface area contributed by atoms with Crippen molar-refractivity contribution >= 4 is 0 Å². The molecule has 0 aromatic carbocycles. The molecule has 2 aliphatic rings. The van der Waals surface area contributed by atoms with Gasteiger partial charge in [0, 0.05) is 24.6 Å². The van der Waals surface area contributed by atoms with Gasteiger partial charge in [-0.3, -0.25) is 0 Å². The molecule has 0 radical (unpaired) electrons. The summed E-state index contributed by atoms with van der Waals surface area (Å²) in [6, 6.07) is 0.730. The van der Waals surface area contributed by atoms with E-state index in [4.69, 9.17) is 0 Å². The van der Waals surface area contributed by atoms with Crippen LogP contribution >= 0.6 is 0 Å². The van der Waals surface area contributed by atoms with Gasteiger partial charge in [0.2, 0.25) is 0 Å². The van der Waals surface area contributed by atoms with Crippen LogP contribution in [0.2, 0.25) is 0 Å². The maximum absolute atomic E-state index is 9.63. The van der Waals surface area contributed by atoms with Crippen LogP contribution in [0, 0.1) is 23.2 Å². The topological polar surface area (TPSA) is 23.5 Å². The number of nitrogens with zero attached hydrogens (tertiary/aromatic N) is 1. The number of likely N-dealkylation sites (tertiary alicyclic amines) is 1. The molecule has 2 rings (SSSR count). The largest absolute Gasteiger partial charge is 0.396 e. The first-order valence-corrected chi connectivity index (χ1v) is 7.36. The number of piperidine rings is 1. The van der Waals surface area contributed by atoms with Gasteiger partial charge in [-0.15, -0.1) is 0 Å². The third-order valence-corrected chi connectivity index (χ3v) is 5.68. The van der Waals surface area contributed by atoms with Gasteiger partial charge in [-0.1, -0.05) is 20.8 Å². The van der Waals surface area contributed by atoms with Crippen LogP contribution in [0.5, 0.6) is 0 Å². The zero-order chi connectivity index (χ0) is 12.6. The minimum absolute atomic E-state index is 0.250. The van der Waals surface area contributed by atoms with Crippen molar-refractivity contribution in [3.63, 3.8) is 0 Å². The quantitative estimate of drug-likeness (QED) is 0.815. The van der Waals surface area contributed by atoms with Crippen molar-refractivity contribution < 1.29 is 5.11 Å². The van der Waals surface area contributed by atoms with E-state index < -0.39 is 0 Å². The van der Waals surface area contributed by atoms with Gasteiger partial charge < -0.3 is 10.0 Å². The van der Waals surface area contributed by atoms with Crippen molar-refractivity contribution in [3.8, 4) is 0 Å². The number of aliphatic hydroxyl groups is 1. The highest BCUT2D eigenvalue weighted by Crippen LogP contribution is 2.57. The van der Waals surface area contributed by atoms with Gasteiger partial charge in [-0.05, 0) is 50.5 Å². The molecule has 4 unspecified atom stereocenters. The minimum Gasteiger partial charge on any atom is -0.396 e. The summed E-state index contributed by atoms with van der Waals surface area (Å²) >= 11 is 0. The van der Waals surface area contributed by atoms with Crippen LogP contribution < -0.4 is 0 Å². The molecular weight excluding hydrogens is 210 g/mol. The summed E-state index contributed by atoms with van der Waals surface area (Å²) in [6.45, 7) is 12.1. The van der Waals surface area contributed by atoms with Crippen molar-refractivity contribution in [3.05, 3.63) is 0 Å². The van der Waals surface area contributed by atoms with E-state index in [9.17, 15) is 5.11 Å². The van der Waals surface area contributed by atoms with Gasteiger partial charge in [0.1, 0.15) is 0 Å². The van der Waals surface area contributed by atoms with Crippen molar-refractivity contribution in [1.29, 1.82) is 0 Å². The SMILES string of the molecule is CC1CCCN(CC2CC2(CO)C(C)C)C1C. The smallest absolute Gasteiger partial charge is 0.0493 e. The molecule has 2 heteroatoms. The Kier molecular flexibility index (Phi) is 3.84. The Morgan fingerprint density at radius 2 is 2.06 bits per heavy atom. The third-order valence-electron chi connectivity index (χ3n) is 5.68. The van der Waals surface area contributed by atoms with E-state index in [2.05, 4.69) is 32.6 Å². The highest BCUT2D eigenvalue weighted by atomic mass is 16.3. The first kappa shape index (κ1) is 13.4. The molecule has 1 heterocycles. The Hall–Kier alpha value is -0.0800. The Morgan fingerprint density at radius 3 is 2.59 bits per heavy atom. The average molecular weight is 239 g/mol. The second kappa shape index (κ2) is 4.89. The van der Waals surface area contributed by atoms with Gasteiger partial charge in [-0.2, -0.15) is 0 Å². The molecule has 1 aliphatic heterocycles. The fourth-order valence-corrected chi connectivity index (χ4v) is 3.69. The zero-order valence-corrected chi connectivity index (χ0v) is 11.9. The molecule has 2 fully saturated rings. The van der Waals surface area contributed by atoms with Gasteiger partial charge in [0.15, 0.2) is 0 Å². The van der Waals surface area contributed by atoms with Crippen molar-refractivity contribution in [2.75, 3.05) is 19.7 Å². The van der Waals surface area contributed by atoms with Gasteiger partial charge in [-0.25, -0.2) is 0 Å². The Bertz CT molecular complexity index is 266. The number of rotatable bonds is 4. The van der Waals surface area contributed by atoms with E-state index in [1.165, 1.54) is 32.4 Å². The predicted molar refractivity (Wildman–Crippen MR) is 71.9 cm³/mol. The van der Waals surface area contributed by atoms with E-state index in [0.717, 1.165) is 17.9 Å². The van der Waals surface area contributed by atoms with E-state index in [1.54, 1.807) is 0 Å². The molecule has 0 spiro atoms. The second-order valence-electron chi connectivity index (χ2n) is 6.80. The standard InChI is InChI=1S/C15H29NO/c1-11(2)15(10-17)8-14(15)9-16-7-5-6-12(3)13(16)4/h11-14,17H,5-10H2,1-4H3. The molecule has 0 bridgehead atoms. The molecule has 1 saturated heterocycles. The lowest BCUT2D eigenvalue weighted by Gasteiger charge is -2.38. The third kappa shape index (κ3) is 2.39. The second-order valence-corrected chi connectivity index (χ2v) is 6.80. The van der Waals surface area contributed by atoms with E-state index in [-0.39, 0.29) is 5.41 Å². The fourth-order valence-electron chi connectivity index (χ4n) is 3.69. The van der Waals surface area contributed by atoms with Crippen LogP contribution in [-0.2, 0) is 0 Å². The van der Waals surface area contributed by atoms with Crippen LogP contribution in [0.15, 0.2) is 0 Å². The zero-order valence-electron chi connectivity index (χ0n) is 11.9. The van der Waals surface area contributed by atoms with Crippen LogP contribution in [-0.4, -0.2) is 35.7 Å². The van der Waals surface area contributed by atoms with Crippen molar-refractivity contribution in [2.24, 2.45) is 23.2 Å². The summed E-state index contributed by atoms with van der Waals surface area (Å²) in [6.07, 6.45) is 3.97. The summed E-state index contributed by atoms with van der Waals surface area (Å²) in [7, 11) is 0. The monoisotopic (exact) mass is 239 g/mol. The lowest BCUT2D eigenvalue weighted by atomic mass is 9.88. The minimum atomic E-state index is 0.250. The predicted octanol–water partition coefficient (Wildman–Crippen LogP) is 2.76.